The van der Waals surface area contributed by atoms with E-state index in [1.165, 1.54) is 5.56 Å². The molecule has 1 aromatic rings. The molecule has 1 saturated heterocycles. The highest BCUT2D eigenvalue weighted by atomic mass is 16.5. The number of piperidine rings is 1. The number of aliphatic imine (C=N–C) groups is 1. The Bertz CT molecular complexity index is 540. The molecule has 0 unspecified atom stereocenters. The van der Waals surface area contributed by atoms with Crippen molar-refractivity contribution in [3.05, 3.63) is 35.9 Å². The highest BCUT2D eigenvalue weighted by Crippen LogP contribution is 2.21. The highest BCUT2D eigenvalue weighted by molar-refractivity contribution is 5.86. The molecule has 0 saturated carbocycles. The summed E-state index contributed by atoms with van der Waals surface area (Å²) < 4.78 is 4.92. The number of guanidine groups is 1. The second kappa shape index (κ2) is 10.7. The number of nitrogens with zero attached hydrogens (tertiary/aromatic N) is 2. The maximum atomic E-state index is 11.8. The lowest BCUT2D eigenvalue weighted by Crippen LogP contribution is -2.48. The van der Waals surface area contributed by atoms with Crippen LogP contribution >= 0.6 is 0 Å². The Morgan fingerprint density at radius 1 is 1.24 bits per heavy atom. The van der Waals surface area contributed by atoms with Crippen molar-refractivity contribution < 1.29 is 9.53 Å². The lowest BCUT2D eigenvalue weighted by Gasteiger charge is -2.34. The van der Waals surface area contributed by atoms with Crippen molar-refractivity contribution in [3.8, 4) is 0 Å². The van der Waals surface area contributed by atoms with Crippen molar-refractivity contribution in [1.82, 2.24) is 15.5 Å². The van der Waals surface area contributed by atoms with E-state index in [9.17, 15) is 4.79 Å². The topological polar surface area (TPSA) is 66.0 Å². The highest BCUT2D eigenvalue weighted by Gasteiger charge is 2.21. The predicted octanol–water partition coefficient (Wildman–Crippen LogP) is 1.28. The molecule has 138 valence electrons. The molecule has 1 aliphatic heterocycles. The van der Waals surface area contributed by atoms with Gasteiger partial charge in [-0.05, 0) is 30.7 Å². The van der Waals surface area contributed by atoms with Gasteiger partial charge in [-0.3, -0.25) is 9.79 Å². The first-order valence-electron chi connectivity index (χ1n) is 8.98. The average Bonchev–Trinajstić information content (AvgIpc) is 2.64. The van der Waals surface area contributed by atoms with E-state index in [-0.39, 0.29) is 12.5 Å². The van der Waals surface area contributed by atoms with E-state index in [2.05, 4.69) is 50.9 Å². The Morgan fingerprint density at radius 3 is 2.60 bits per heavy atom. The fourth-order valence-corrected chi connectivity index (χ4v) is 3.14. The van der Waals surface area contributed by atoms with Crippen molar-refractivity contribution in [1.29, 1.82) is 0 Å². The zero-order valence-electron chi connectivity index (χ0n) is 15.3. The number of hydrogen-bond acceptors (Lipinski definition) is 3. The quantitative estimate of drug-likeness (QED) is 0.443. The summed E-state index contributed by atoms with van der Waals surface area (Å²) >= 11 is 0. The molecule has 2 N–H and O–H groups in total. The smallest absolute Gasteiger partial charge is 0.239 e. The Hall–Kier alpha value is -2.08. The number of likely N-dealkylation sites (tertiary alicyclic amines) is 1. The Balaban J connectivity index is 1.71. The van der Waals surface area contributed by atoms with E-state index in [0.717, 1.165) is 38.3 Å². The van der Waals surface area contributed by atoms with Gasteiger partial charge >= 0.3 is 0 Å². The number of nitrogens with one attached hydrogen (secondary N) is 2. The minimum absolute atomic E-state index is 0.0443. The Labute approximate surface area is 150 Å². The van der Waals surface area contributed by atoms with Gasteiger partial charge in [0.05, 0.1) is 13.2 Å². The molecule has 1 amide bonds. The van der Waals surface area contributed by atoms with Gasteiger partial charge in [0.1, 0.15) is 0 Å². The van der Waals surface area contributed by atoms with Crippen LogP contribution in [0, 0.1) is 5.92 Å². The Morgan fingerprint density at radius 2 is 1.96 bits per heavy atom. The van der Waals surface area contributed by atoms with E-state index < -0.39 is 0 Å². The summed E-state index contributed by atoms with van der Waals surface area (Å²) in [5, 5.41) is 5.95. The van der Waals surface area contributed by atoms with E-state index in [1.54, 1.807) is 14.2 Å². The molecule has 6 nitrogen and oxygen atoms in total. The molecule has 0 aliphatic carbocycles. The van der Waals surface area contributed by atoms with Crippen molar-refractivity contribution in [2.45, 2.75) is 19.3 Å². The van der Waals surface area contributed by atoms with Gasteiger partial charge in [-0.1, -0.05) is 30.3 Å². The van der Waals surface area contributed by atoms with Crippen LogP contribution in [0.4, 0.5) is 0 Å². The first-order chi connectivity index (χ1) is 12.2. The molecule has 1 aliphatic rings. The van der Waals surface area contributed by atoms with Crippen LogP contribution < -0.4 is 10.6 Å². The van der Waals surface area contributed by atoms with Crippen LogP contribution in [0.5, 0.6) is 0 Å². The van der Waals surface area contributed by atoms with Gasteiger partial charge in [0.15, 0.2) is 5.96 Å². The third kappa shape index (κ3) is 6.74. The summed E-state index contributed by atoms with van der Waals surface area (Å²) in [5.41, 5.74) is 1.41. The van der Waals surface area contributed by atoms with Gasteiger partial charge in [-0.25, -0.2) is 0 Å². The zero-order chi connectivity index (χ0) is 17.9. The van der Waals surface area contributed by atoms with Gasteiger partial charge in [-0.15, -0.1) is 0 Å². The lowest BCUT2D eigenvalue weighted by molar-refractivity contribution is -0.120. The van der Waals surface area contributed by atoms with Gasteiger partial charge in [0.25, 0.3) is 0 Å². The fourth-order valence-electron chi connectivity index (χ4n) is 3.14. The molecular formula is C19H30N4O2. The van der Waals surface area contributed by atoms with Crippen LogP contribution in [0.1, 0.15) is 18.4 Å². The molecule has 0 aromatic heterocycles. The van der Waals surface area contributed by atoms with E-state index in [0.29, 0.717) is 19.1 Å². The molecule has 1 fully saturated rings. The summed E-state index contributed by atoms with van der Waals surface area (Å²) in [5.74, 6) is 1.48. The summed E-state index contributed by atoms with van der Waals surface area (Å²) in [6.07, 6.45) is 3.44. The monoisotopic (exact) mass is 346 g/mol. The van der Waals surface area contributed by atoms with Crippen LogP contribution in [0.25, 0.3) is 0 Å². The molecule has 1 heterocycles. The second-order valence-corrected chi connectivity index (χ2v) is 6.36. The van der Waals surface area contributed by atoms with Gasteiger partial charge in [0.2, 0.25) is 5.91 Å². The fraction of sp³-hybridized carbons (Fsp3) is 0.579. The first kappa shape index (κ1) is 19.2. The summed E-state index contributed by atoms with van der Waals surface area (Å²) in [4.78, 5) is 18.3. The SMILES string of the molecule is CN=C(NCC(=O)NCCOC)N1CCC(Cc2ccccc2)CC1. The number of ether oxygens (including phenoxy) is 1. The number of rotatable bonds is 7. The molecule has 6 heteroatoms. The second-order valence-electron chi connectivity index (χ2n) is 6.36. The van der Waals surface area contributed by atoms with E-state index in [4.69, 9.17) is 4.74 Å². The third-order valence-electron chi connectivity index (χ3n) is 4.53. The zero-order valence-corrected chi connectivity index (χ0v) is 15.3. The van der Waals surface area contributed by atoms with Gasteiger partial charge in [0, 0.05) is 33.8 Å². The molecule has 0 atom stereocenters. The number of methoxy groups -OCH3 is 1. The molecular weight excluding hydrogens is 316 g/mol. The molecule has 2 rings (SSSR count). The lowest BCUT2D eigenvalue weighted by atomic mass is 9.90. The number of amides is 1. The minimum atomic E-state index is -0.0443. The van der Waals surface area contributed by atoms with Crippen LogP contribution in [-0.4, -0.2) is 63.7 Å². The van der Waals surface area contributed by atoms with E-state index in [1.807, 2.05) is 0 Å². The van der Waals surface area contributed by atoms with Crippen molar-refractivity contribution in [2.75, 3.05) is 46.9 Å². The summed E-state index contributed by atoms with van der Waals surface area (Å²) in [6, 6.07) is 10.7. The van der Waals surface area contributed by atoms with Crippen LogP contribution in [-0.2, 0) is 16.0 Å². The summed E-state index contributed by atoms with van der Waals surface area (Å²) in [6.45, 7) is 3.24. The maximum absolute atomic E-state index is 11.8. The molecule has 0 radical (unpaired) electrons. The molecule has 0 bridgehead atoms. The third-order valence-corrected chi connectivity index (χ3v) is 4.53. The van der Waals surface area contributed by atoms with Crippen LogP contribution in [0.3, 0.4) is 0 Å². The maximum Gasteiger partial charge on any atom is 0.239 e. The van der Waals surface area contributed by atoms with Crippen LogP contribution in [0.15, 0.2) is 35.3 Å². The Kier molecular flexibility index (Phi) is 8.25. The normalized spacial score (nSPS) is 15.9. The van der Waals surface area contributed by atoms with Crippen molar-refractivity contribution >= 4 is 11.9 Å². The van der Waals surface area contributed by atoms with Crippen LogP contribution in [0.2, 0.25) is 0 Å². The number of hydrogen-bond donors (Lipinski definition) is 2. The largest absolute Gasteiger partial charge is 0.383 e. The molecule has 25 heavy (non-hydrogen) atoms. The van der Waals surface area contributed by atoms with Crippen molar-refractivity contribution in [2.24, 2.45) is 10.9 Å². The predicted molar refractivity (Wildman–Crippen MR) is 101 cm³/mol. The minimum Gasteiger partial charge on any atom is -0.383 e. The number of carbonyl (C=O) groups is 1. The van der Waals surface area contributed by atoms with Gasteiger partial charge < -0.3 is 20.3 Å². The van der Waals surface area contributed by atoms with Gasteiger partial charge in [-0.2, -0.15) is 0 Å². The molecule has 1 aromatic carbocycles. The first-order valence-corrected chi connectivity index (χ1v) is 8.98. The summed E-state index contributed by atoms with van der Waals surface area (Å²) in [7, 11) is 3.38. The number of benzene rings is 1. The number of carbonyl (C=O) groups excluding carboxylic acids is 1. The molecule has 0 spiro atoms. The van der Waals surface area contributed by atoms with E-state index >= 15 is 0 Å². The standard InChI is InChI=1S/C19H30N4O2/c1-20-19(22-15-18(24)21-10-13-25-2)23-11-8-17(9-12-23)14-16-6-4-3-5-7-16/h3-7,17H,8-15H2,1-2H3,(H,20,22)(H,21,24). The average molecular weight is 346 g/mol. The van der Waals surface area contributed by atoms with Crippen molar-refractivity contribution in [3.63, 3.8) is 0 Å².